The van der Waals surface area contributed by atoms with Crippen molar-refractivity contribution in [3.05, 3.63) is 102 Å². The molecule has 0 saturated heterocycles. The molecule has 0 amide bonds. The van der Waals surface area contributed by atoms with Gasteiger partial charge >= 0.3 is 6.18 Å². The molecule has 0 radical (unpaired) electrons. The number of halogens is 5. The van der Waals surface area contributed by atoms with Crippen molar-refractivity contribution < 1.29 is 13.2 Å². The Bertz CT molecular complexity index is 1600. The van der Waals surface area contributed by atoms with Gasteiger partial charge in [0, 0.05) is 14.9 Å². The van der Waals surface area contributed by atoms with Crippen molar-refractivity contribution in [1.29, 1.82) is 5.26 Å². The zero-order valence-electron chi connectivity index (χ0n) is 19.4. The lowest BCUT2D eigenvalue weighted by Gasteiger charge is -2.17. The number of aromatic nitrogens is 1. The van der Waals surface area contributed by atoms with Crippen molar-refractivity contribution in [3.8, 4) is 27.1 Å². The van der Waals surface area contributed by atoms with Gasteiger partial charge in [-0.1, -0.05) is 41.4 Å². The van der Waals surface area contributed by atoms with E-state index < -0.39 is 22.9 Å². The van der Waals surface area contributed by atoms with Gasteiger partial charge in [0.25, 0.3) is 5.56 Å². The van der Waals surface area contributed by atoms with Crippen LogP contribution < -0.4 is 5.56 Å². The lowest BCUT2D eigenvalue weighted by Crippen LogP contribution is -2.28. The van der Waals surface area contributed by atoms with E-state index in [0.717, 1.165) is 37.8 Å². The second kappa shape index (κ2) is 9.78. The first-order valence-electron chi connectivity index (χ1n) is 10.8. The Balaban J connectivity index is 1.95. The molecule has 0 aliphatic heterocycles. The number of alkyl halides is 3. The highest BCUT2D eigenvalue weighted by atomic mass is 35.5. The van der Waals surface area contributed by atoms with E-state index in [-0.39, 0.29) is 17.3 Å². The van der Waals surface area contributed by atoms with Crippen LogP contribution in [0.5, 0.6) is 0 Å². The van der Waals surface area contributed by atoms with Gasteiger partial charge in [0.15, 0.2) is 0 Å². The number of rotatable bonds is 4. The van der Waals surface area contributed by atoms with Gasteiger partial charge < -0.3 is 4.57 Å². The fraction of sp³-hybridized carbons (Fsp3) is 0.185. The second-order valence-corrected chi connectivity index (χ2v) is 10.4. The fourth-order valence-electron chi connectivity index (χ4n) is 4.01. The molecule has 184 valence electrons. The normalized spacial score (nSPS) is 11.5. The number of hydrogen-bond donors (Lipinski definition) is 0. The van der Waals surface area contributed by atoms with Crippen LogP contribution >= 0.6 is 34.5 Å². The summed E-state index contributed by atoms with van der Waals surface area (Å²) < 4.78 is 42.7. The fourth-order valence-corrected chi connectivity index (χ4v) is 5.59. The maximum Gasteiger partial charge on any atom is 0.417 e. The summed E-state index contributed by atoms with van der Waals surface area (Å²) >= 11 is 13.5. The Hall–Kier alpha value is -3.05. The van der Waals surface area contributed by atoms with Crippen LogP contribution in [0.15, 0.2) is 53.3 Å². The highest BCUT2D eigenvalue weighted by molar-refractivity contribution is 7.18. The maximum atomic E-state index is 13.9. The largest absolute Gasteiger partial charge is 0.417 e. The molecular weight excluding hydrogens is 528 g/mol. The summed E-state index contributed by atoms with van der Waals surface area (Å²) in [7, 11) is 0. The van der Waals surface area contributed by atoms with E-state index in [1.54, 1.807) is 18.2 Å². The van der Waals surface area contributed by atoms with E-state index in [4.69, 9.17) is 23.2 Å². The topological polar surface area (TPSA) is 45.8 Å². The molecular formula is C27H19Cl2F3N2OS. The molecule has 36 heavy (non-hydrogen) atoms. The van der Waals surface area contributed by atoms with Gasteiger partial charge in [-0.2, -0.15) is 18.4 Å². The van der Waals surface area contributed by atoms with Gasteiger partial charge in [0.2, 0.25) is 0 Å². The lowest BCUT2D eigenvalue weighted by molar-refractivity contribution is -0.137. The minimum Gasteiger partial charge on any atom is -0.302 e. The Morgan fingerprint density at radius 3 is 2.25 bits per heavy atom. The zero-order chi connectivity index (χ0) is 26.4. The Morgan fingerprint density at radius 1 is 0.944 bits per heavy atom. The third-order valence-electron chi connectivity index (χ3n) is 6.03. The first kappa shape index (κ1) is 26.0. The van der Waals surface area contributed by atoms with E-state index >= 15 is 0 Å². The van der Waals surface area contributed by atoms with Crippen molar-refractivity contribution in [1.82, 2.24) is 4.57 Å². The smallest absolute Gasteiger partial charge is 0.302 e. The van der Waals surface area contributed by atoms with Gasteiger partial charge in [0.1, 0.15) is 11.6 Å². The SMILES string of the molecule is Cc1cc(C)c(-c2ccc(-c3cc(C(F)(F)F)c(C#N)c(=O)n3Cc3ccc(Cl)cc3Cl)s2)cc1C. The van der Waals surface area contributed by atoms with E-state index in [0.29, 0.717) is 15.5 Å². The third-order valence-corrected chi connectivity index (χ3v) is 7.75. The predicted octanol–water partition coefficient (Wildman–Crippen LogP) is 8.41. The highest BCUT2D eigenvalue weighted by Crippen LogP contribution is 2.39. The number of benzene rings is 2. The molecule has 0 bridgehead atoms. The number of nitrogens with zero attached hydrogens (tertiary/aromatic N) is 2. The van der Waals surface area contributed by atoms with Crippen molar-refractivity contribution in [2.75, 3.05) is 0 Å². The molecule has 2 aromatic heterocycles. The highest BCUT2D eigenvalue weighted by Gasteiger charge is 2.36. The summed E-state index contributed by atoms with van der Waals surface area (Å²) in [6.45, 7) is 5.86. The van der Waals surface area contributed by atoms with E-state index in [2.05, 4.69) is 6.07 Å². The Kier molecular flexibility index (Phi) is 7.07. The van der Waals surface area contributed by atoms with Crippen LogP contribution in [0.4, 0.5) is 13.2 Å². The van der Waals surface area contributed by atoms with Gasteiger partial charge in [-0.25, -0.2) is 0 Å². The number of nitriles is 1. The van der Waals surface area contributed by atoms with Crippen LogP contribution in [-0.2, 0) is 12.7 Å². The average molecular weight is 547 g/mol. The molecule has 4 aromatic rings. The second-order valence-electron chi connectivity index (χ2n) is 8.47. The Labute approximate surface area is 220 Å². The molecule has 4 rings (SSSR count). The molecule has 0 aliphatic rings. The minimum atomic E-state index is -4.87. The van der Waals surface area contributed by atoms with Crippen LogP contribution in [0.25, 0.3) is 21.0 Å². The molecule has 3 nitrogen and oxygen atoms in total. The first-order valence-corrected chi connectivity index (χ1v) is 12.4. The quantitative estimate of drug-likeness (QED) is 0.258. The van der Waals surface area contributed by atoms with Crippen molar-refractivity contribution in [2.45, 2.75) is 33.5 Å². The molecule has 0 unspecified atom stereocenters. The van der Waals surface area contributed by atoms with Gasteiger partial charge in [-0.05, 0) is 78.9 Å². The predicted molar refractivity (Wildman–Crippen MR) is 139 cm³/mol. The van der Waals surface area contributed by atoms with Crippen molar-refractivity contribution in [3.63, 3.8) is 0 Å². The summed E-state index contributed by atoms with van der Waals surface area (Å²) in [6, 6.07) is 14.6. The van der Waals surface area contributed by atoms with Gasteiger partial charge in [-0.3, -0.25) is 4.79 Å². The van der Waals surface area contributed by atoms with Crippen LogP contribution in [0.1, 0.15) is 33.4 Å². The average Bonchev–Trinajstić information content (AvgIpc) is 3.27. The molecule has 0 N–H and O–H groups in total. The standard InChI is InChI=1S/C27H19Cl2F3N2OS/c1-14-8-16(3)19(9-15(14)2)24-6-7-25(36-24)23-11-21(27(30,31)32)20(12-33)26(35)34(23)13-17-4-5-18(28)10-22(17)29/h4-11H,13H2,1-3H3. The molecule has 0 fully saturated rings. The lowest BCUT2D eigenvalue weighted by atomic mass is 10.00. The monoisotopic (exact) mass is 546 g/mol. The molecule has 0 aliphatic carbocycles. The van der Waals surface area contributed by atoms with Gasteiger partial charge in [-0.15, -0.1) is 11.3 Å². The zero-order valence-corrected chi connectivity index (χ0v) is 21.8. The van der Waals surface area contributed by atoms with Gasteiger partial charge in [0.05, 0.1) is 22.7 Å². The van der Waals surface area contributed by atoms with E-state index in [1.165, 1.54) is 23.5 Å². The summed E-state index contributed by atoms with van der Waals surface area (Å²) in [5.41, 5.74) is 1.51. The van der Waals surface area contributed by atoms with Crippen LogP contribution in [-0.4, -0.2) is 4.57 Å². The van der Waals surface area contributed by atoms with E-state index in [1.807, 2.05) is 32.9 Å². The summed E-state index contributed by atoms with van der Waals surface area (Å²) in [6.07, 6.45) is -4.87. The molecule has 0 atom stereocenters. The Morgan fingerprint density at radius 2 is 1.61 bits per heavy atom. The number of aryl methyl sites for hydroxylation is 3. The minimum absolute atomic E-state index is 0.0510. The van der Waals surface area contributed by atoms with Crippen LogP contribution in [0, 0.1) is 32.1 Å². The van der Waals surface area contributed by atoms with Crippen LogP contribution in [0.2, 0.25) is 10.0 Å². The van der Waals surface area contributed by atoms with Crippen molar-refractivity contribution >= 4 is 34.5 Å². The molecule has 2 aromatic carbocycles. The summed E-state index contributed by atoms with van der Waals surface area (Å²) in [5, 5.41) is 10.1. The maximum absolute atomic E-state index is 13.9. The van der Waals surface area contributed by atoms with Crippen molar-refractivity contribution in [2.24, 2.45) is 0 Å². The third kappa shape index (κ3) is 4.94. The summed E-state index contributed by atoms with van der Waals surface area (Å²) in [4.78, 5) is 14.5. The number of pyridine rings is 1. The van der Waals surface area contributed by atoms with Crippen LogP contribution in [0.3, 0.4) is 0 Å². The summed E-state index contributed by atoms with van der Waals surface area (Å²) in [5.74, 6) is 0. The molecule has 9 heteroatoms. The number of thiophene rings is 1. The molecule has 0 saturated carbocycles. The molecule has 0 spiro atoms. The first-order chi connectivity index (χ1) is 16.9. The van der Waals surface area contributed by atoms with E-state index in [9.17, 15) is 23.2 Å². The molecule has 2 heterocycles. The number of hydrogen-bond acceptors (Lipinski definition) is 3.